The second-order valence-electron chi connectivity index (χ2n) is 6.92. The van der Waals surface area contributed by atoms with Crippen LogP contribution in [-0.2, 0) is 17.8 Å². The van der Waals surface area contributed by atoms with Crippen LogP contribution in [0.2, 0.25) is 0 Å². The van der Waals surface area contributed by atoms with Gasteiger partial charge in [-0.3, -0.25) is 5.73 Å². The molecule has 2 aromatic carbocycles. The summed E-state index contributed by atoms with van der Waals surface area (Å²) >= 11 is 0. The van der Waals surface area contributed by atoms with Crippen molar-refractivity contribution in [2.75, 3.05) is 45.2 Å². The number of nitrogen functional groups attached to an aromatic ring is 1. The lowest BCUT2D eigenvalue weighted by Crippen LogP contribution is -3.14. The van der Waals surface area contributed by atoms with Crippen molar-refractivity contribution in [2.24, 2.45) is 0 Å². The fraction of sp³-hybridized carbons (Fsp3) is 0.381. The van der Waals surface area contributed by atoms with Crippen molar-refractivity contribution in [3.8, 4) is 5.75 Å². The largest absolute Gasteiger partial charge is 0.490 e. The smallest absolute Gasteiger partial charge is 0.356 e. The van der Waals surface area contributed by atoms with Crippen LogP contribution in [0.5, 0.6) is 5.75 Å². The van der Waals surface area contributed by atoms with Gasteiger partial charge in [0.1, 0.15) is 56.1 Å². The zero-order valence-corrected chi connectivity index (χ0v) is 15.6. The minimum Gasteiger partial charge on any atom is -0.490 e. The molecule has 3 N–H and O–H groups in total. The lowest BCUT2D eigenvalue weighted by atomic mass is 10.3. The molecule has 1 aliphatic heterocycles. The third-order valence-electron chi connectivity index (χ3n) is 5.23. The summed E-state index contributed by atoms with van der Waals surface area (Å²) in [6.07, 6.45) is 0. The predicted octanol–water partition coefficient (Wildman–Crippen LogP) is 0.505. The average Bonchev–Trinajstić information content (AvgIpc) is 2.99. The summed E-state index contributed by atoms with van der Waals surface area (Å²) in [4.78, 5) is 1.58. The molecule has 0 atom stereocenters. The molecule has 1 aromatic heterocycles. The van der Waals surface area contributed by atoms with Gasteiger partial charge in [0.05, 0.1) is 13.2 Å². The van der Waals surface area contributed by atoms with Crippen LogP contribution in [0, 0.1) is 0 Å². The number of nitrogens with zero attached hydrogens (tertiary/aromatic N) is 2. The van der Waals surface area contributed by atoms with Crippen LogP contribution in [0.25, 0.3) is 11.0 Å². The van der Waals surface area contributed by atoms with E-state index < -0.39 is 0 Å². The van der Waals surface area contributed by atoms with E-state index in [9.17, 15) is 0 Å². The fourth-order valence-corrected chi connectivity index (χ4v) is 3.73. The van der Waals surface area contributed by atoms with E-state index in [1.165, 1.54) is 5.52 Å². The summed E-state index contributed by atoms with van der Waals surface area (Å²) in [6, 6.07) is 18.3. The van der Waals surface area contributed by atoms with E-state index in [0.717, 1.165) is 63.2 Å². The van der Waals surface area contributed by atoms with Gasteiger partial charge in [0.25, 0.3) is 0 Å². The Morgan fingerprint density at radius 2 is 1.78 bits per heavy atom. The zero-order chi connectivity index (χ0) is 18.5. The molecule has 1 aliphatic rings. The first-order valence-electron chi connectivity index (χ1n) is 9.68. The molecule has 4 rings (SSSR count). The molecule has 0 radical (unpaired) electrons. The van der Waals surface area contributed by atoms with E-state index in [0.29, 0.717) is 6.61 Å². The minimum atomic E-state index is 0.585. The number of morpholine rings is 1. The van der Waals surface area contributed by atoms with Crippen molar-refractivity contribution >= 4 is 17.0 Å². The Morgan fingerprint density at radius 3 is 2.59 bits per heavy atom. The molecule has 0 saturated carbocycles. The number of benzene rings is 2. The van der Waals surface area contributed by atoms with Crippen LogP contribution in [-0.4, -0.2) is 44.0 Å². The van der Waals surface area contributed by atoms with Gasteiger partial charge in [-0.25, -0.2) is 9.13 Å². The van der Waals surface area contributed by atoms with E-state index in [2.05, 4.69) is 33.4 Å². The molecule has 27 heavy (non-hydrogen) atoms. The molecule has 0 aliphatic carbocycles. The molecule has 0 bridgehead atoms. The Bertz CT molecular complexity index is 873. The molecule has 2 heterocycles. The maximum atomic E-state index is 6.55. The van der Waals surface area contributed by atoms with Crippen molar-refractivity contribution in [3.05, 3.63) is 54.6 Å². The van der Waals surface area contributed by atoms with Gasteiger partial charge in [0, 0.05) is 0 Å². The molecule has 3 aromatic rings. The maximum absolute atomic E-state index is 6.55. The number of fused-ring (bicyclic) bond motifs is 1. The van der Waals surface area contributed by atoms with Crippen LogP contribution in [0.1, 0.15) is 0 Å². The van der Waals surface area contributed by atoms with Crippen LogP contribution in [0.4, 0.5) is 5.95 Å². The van der Waals surface area contributed by atoms with E-state index >= 15 is 0 Å². The SMILES string of the molecule is Nc1n(CCOc2ccccc2)c2ccccc2[n+]1CC[NH+]1CCOCC1. The number of aromatic nitrogens is 2. The number of hydrogen-bond acceptors (Lipinski definition) is 3. The van der Waals surface area contributed by atoms with Crippen molar-refractivity contribution in [1.82, 2.24) is 4.57 Å². The second-order valence-corrected chi connectivity index (χ2v) is 6.92. The number of anilines is 1. The van der Waals surface area contributed by atoms with Gasteiger partial charge >= 0.3 is 5.95 Å². The molecule has 0 spiro atoms. The molecular formula is C21H28N4O2+2. The van der Waals surface area contributed by atoms with Crippen LogP contribution < -0.4 is 19.9 Å². The molecule has 1 fully saturated rings. The van der Waals surface area contributed by atoms with Gasteiger partial charge in [-0.1, -0.05) is 30.3 Å². The summed E-state index contributed by atoms with van der Waals surface area (Å²) in [5.41, 5.74) is 8.89. The molecule has 6 heteroatoms. The molecule has 142 valence electrons. The Labute approximate surface area is 159 Å². The lowest BCUT2D eigenvalue weighted by molar-refractivity contribution is -0.923. The average molecular weight is 368 g/mol. The number of quaternary nitrogens is 1. The van der Waals surface area contributed by atoms with Gasteiger partial charge in [0.15, 0.2) is 0 Å². The first-order chi connectivity index (χ1) is 13.3. The first-order valence-corrected chi connectivity index (χ1v) is 9.68. The van der Waals surface area contributed by atoms with Gasteiger partial charge < -0.3 is 14.4 Å². The number of ether oxygens (including phenoxy) is 2. The highest BCUT2D eigenvalue weighted by Gasteiger charge is 2.22. The summed E-state index contributed by atoms with van der Waals surface area (Å²) in [5.74, 6) is 1.68. The number of nitrogens with two attached hydrogens (primary N) is 1. The summed E-state index contributed by atoms with van der Waals surface area (Å²) in [5, 5.41) is 0. The molecule has 0 unspecified atom stereocenters. The van der Waals surface area contributed by atoms with E-state index in [1.807, 2.05) is 30.3 Å². The zero-order valence-electron chi connectivity index (χ0n) is 15.6. The number of nitrogens with one attached hydrogen (secondary N) is 1. The monoisotopic (exact) mass is 368 g/mol. The van der Waals surface area contributed by atoms with Gasteiger partial charge in [-0.2, -0.15) is 0 Å². The van der Waals surface area contributed by atoms with Crippen LogP contribution in [0.15, 0.2) is 54.6 Å². The van der Waals surface area contributed by atoms with Crippen molar-refractivity contribution in [1.29, 1.82) is 0 Å². The van der Waals surface area contributed by atoms with Crippen molar-refractivity contribution in [2.45, 2.75) is 13.1 Å². The lowest BCUT2D eigenvalue weighted by Gasteiger charge is -2.23. The third kappa shape index (κ3) is 4.07. The number of hydrogen-bond donors (Lipinski definition) is 2. The Morgan fingerprint density at radius 1 is 1.04 bits per heavy atom. The molecule has 1 saturated heterocycles. The highest BCUT2D eigenvalue weighted by Crippen LogP contribution is 2.16. The first kappa shape index (κ1) is 17.8. The predicted molar refractivity (Wildman–Crippen MR) is 105 cm³/mol. The quantitative estimate of drug-likeness (QED) is 0.598. The van der Waals surface area contributed by atoms with Gasteiger partial charge in [-0.05, 0) is 24.3 Å². The molecular weight excluding hydrogens is 340 g/mol. The number of para-hydroxylation sites is 3. The van der Waals surface area contributed by atoms with Crippen molar-refractivity contribution < 1.29 is 18.9 Å². The minimum absolute atomic E-state index is 0.585. The Kier molecular flexibility index (Phi) is 5.55. The number of rotatable bonds is 7. The Balaban J connectivity index is 1.49. The van der Waals surface area contributed by atoms with Crippen LogP contribution >= 0.6 is 0 Å². The van der Waals surface area contributed by atoms with E-state index in [1.54, 1.807) is 4.90 Å². The maximum Gasteiger partial charge on any atom is 0.356 e. The normalized spacial score (nSPS) is 15.3. The second kappa shape index (κ2) is 8.41. The standard InChI is InChI=1S/C21H26N4O2/c22-21-24(11-10-23-12-15-26-16-13-23)19-8-4-5-9-20(19)25(21)14-17-27-18-6-2-1-3-7-18/h1-9,22H,10-17H2/p+2. The molecule has 0 amide bonds. The highest BCUT2D eigenvalue weighted by molar-refractivity contribution is 5.73. The number of imidazole rings is 1. The van der Waals surface area contributed by atoms with Crippen LogP contribution in [0.3, 0.4) is 0 Å². The summed E-state index contributed by atoms with van der Waals surface area (Å²) in [6.45, 7) is 7.14. The van der Waals surface area contributed by atoms with Gasteiger partial charge in [0.2, 0.25) is 0 Å². The molecule has 6 nitrogen and oxygen atoms in total. The Hall–Kier alpha value is -2.57. The van der Waals surface area contributed by atoms with Gasteiger partial charge in [-0.15, -0.1) is 0 Å². The fourth-order valence-electron chi connectivity index (χ4n) is 3.73. The van der Waals surface area contributed by atoms with E-state index in [4.69, 9.17) is 15.2 Å². The summed E-state index contributed by atoms with van der Waals surface area (Å²) in [7, 11) is 0. The summed E-state index contributed by atoms with van der Waals surface area (Å²) < 4.78 is 15.7. The third-order valence-corrected chi connectivity index (χ3v) is 5.23. The van der Waals surface area contributed by atoms with Crippen molar-refractivity contribution in [3.63, 3.8) is 0 Å². The highest BCUT2D eigenvalue weighted by atomic mass is 16.5. The van der Waals surface area contributed by atoms with E-state index in [-0.39, 0.29) is 0 Å². The topological polar surface area (TPSA) is 57.7 Å².